The van der Waals surface area contributed by atoms with Crippen LogP contribution in [0.4, 0.5) is 18.9 Å². The van der Waals surface area contributed by atoms with E-state index >= 15 is 0 Å². The van der Waals surface area contributed by atoms with Crippen molar-refractivity contribution in [3.63, 3.8) is 0 Å². The Morgan fingerprint density at radius 1 is 1.09 bits per heavy atom. The molecule has 0 spiro atoms. The number of rotatable bonds is 6. The highest BCUT2D eigenvalue weighted by molar-refractivity contribution is 8.17. The molecule has 200 valence electrons. The summed E-state index contributed by atoms with van der Waals surface area (Å²) in [4.78, 5) is 4.18. The molecule has 0 bridgehead atoms. The second kappa shape index (κ2) is 12.8. The number of hydrogen-bond donors (Lipinski definition) is 1. The lowest BCUT2D eigenvalue weighted by Gasteiger charge is -2.36. The maximum Gasteiger partial charge on any atom is 0.421 e. The van der Waals surface area contributed by atoms with Gasteiger partial charge in [-0.25, -0.2) is 8.42 Å². The number of benzene rings is 1. The van der Waals surface area contributed by atoms with E-state index in [0.29, 0.717) is 42.5 Å². The molecule has 35 heavy (non-hydrogen) atoms. The predicted octanol–water partition coefficient (Wildman–Crippen LogP) is 3.47. The summed E-state index contributed by atoms with van der Waals surface area (Å²) >= 11 is 1.20. The topological polar surface area (TPSA) is 73.3 Å². The molecule has 2 saturated heterocycles. The average Bonchev–Trinajstić information content (AvgIpc) is 2.83. The standard InChI is InChI=1S/C18H25F3N2O3S2.C5H11NO/c1-4-5-16(27-3)28(25,26)23-12-10-22(11-13-23)15-8-6-14(7-9-15)17(2,24)18(19,20)21;1-6-2-4-7-5-3-6/h5-9,24H,4,10-13H2,1-3H3;2-5H2,1H3/b16-5+;. The van der Waals surface area contributed by atoms with E-state index in [4.69, 9.17) is 4.74 Å². The fourth-order valence-electron chi connectivity index (χ4n) is 3.59. The van der Waals surface area contributed by atoms with Crippen molar-refractivity contribution in [2.75, 3.05) is 70.7 Å². The van der Waals surface area contributed by atoms with E-state index in [0.717, 1.165) is 33.2 Å². The highest BCUT2D eigenvalue weighted by Crippen LogP contribution is 2.39. The van der Waals surface area contributed by atoms with Crippen LogP contribution in [-0.4, -0.2) is 94.7 Å². The third kappa shape index (κ3) is 7.83. The van der Waals surface area contributed by atoms with Gasteiger partial charge in [-0.3, -0.25) is 0 Å². The molecule has 1 unspecified atom stereocenters. The summed E-state index contributed by atoms with van der Waals surface area (Å²) in [5, 5.41) is 9.75. The third-order valence-electron chi connectivity index (χ3n) is 5.99. The van der Waals surface area contributed by atoms with Crippen LogP contribution in [0.1, 0.15) is 25.8 Å². The molecule has 1 atom stereocenters. The Morgan fingerprint density at radius 3 is 2.03 bits per heavy atom. The highest BCUT2D eigenvalue weighted by Gasteiger charge is 2.51. The zero-order valence-corrected chi connectivity index (χ0v) is 22.3. The number of ether oxygens (including phenoxy) is 1. The summed E-state index contributed by atoms with van der Waals surface area (Å²) in [5.74, 6) is 0. The molecule has 0 aromatic heterocycles. The van der Waals surface area contributed by atoms with Gasteiger partial charge in [0.05, 0.1) is 13.2 Å². The molecule has 12 heteroatoms. The number of piperazine rings is 1. The number of aliphatic hydroxyl groups is 1. The second-order valence-electron chi connectivity index (χ2n) is 8.56. The molecule has 0 saturated carbocycles. The Labute approximate surface area is 211 Å². The summed E-state index contributed by atoms with van der Waals surface area (Å²) in [7, 11) is -1.40. The molecule has 1 aromatic carbocycles. The van der Waals surface area contributed by atoms with Crippen molar-refractivity contribution < 1.29 is 31.4 Å². The van der Waals surface area contributed by atoms with E-state index in [1.807, 2.05) is 11.8 Å². The molecular weight excluding hydrogens is 503 g/mol. The zero-order valence-electron chi connectivity index (χ0n) is 20.7. The maximum absolute atomic E-state index is 12.9. The molecule has 0 amide bonds. The van der Waals surface area contributed by atoms with Gasteiger partial charge in [0.15, 0.2) is 5.60 Å². The molecule has 0 aliphatic carbocycles. The molecule has 2 fully saturated rings. The first kappa shape index (κ1) is 29.9. The van der Waals surface area contributed by atoms with Crippen molar-refractivity contribution in [2.24, 2.45) is 0 Å². The van der Waals surface area contributed by atoms with Crippen molar-refractivity contribution in [2.45, 2.75) is 32.0 Å². The smallest absolute Gasteiger partial charge is 0.379 e. The van der Waals surface area contributed by atoms with Crippen LogP contribution >= 0.6 is 11.8 Å². The largest absolute Gasteiger partial charge is 0.421 e. The first-order chi connectivity index (χ1) is 16.3. The van der Waals surface area contributed by atoms with E-state index < -0.39 is 21.8 Å². The second-order valence-corrected chi connectivity index (χ2v) is 11.6. The molecule has 2 heterocycles. The normalized spacial score (nSPS) is 20.7. The molecular formula is C23H36F3N3O4S2. The Bertz CT molecular complexity index is 924. The van der Waals surface area contributed by atoms with E-state index in [-0.39, 0.29) is 5.56 Å². The first-order valence-electron chi connectivity index (χ1n) is 11.5. The molecule has 0 radical (unpaired) electrons. The van der Waals surface area contributed by atoms with Gasteiger partial charge in [0.2, 0.25) is 10.0 Å². The Hall–Kier alpha value is -1.31. The lowest BCUT2D eigenvalue weighted by atomic mass is 9.95. The number of sulfonamides is 1. The zero-order chi connectivity index (χ0) is 26.3. The molecule has 2 aliphatic rings. The van der Waals surface area contributed by atoms with Gasteiger partial charge in [-0.05, 0) is 44.3 Å². The molecule has 1 aromatic rings. The fraction of sp³-hybridized carbons (Fsp3) is 0.652. The van der Waals surface area contributed by atoms with Gasteiger partial charge in [0.1, 0.15) is 4.24 Å². The fourth-order valence-corrected chi connectivity index (χ4v) is 6.36. The summed E-state index contributed by atoms with van der Waals surface area (Å²) in [5.41, 5.74) is -2.47. The number of halogens is 3. The van der Waals surface area contributed by atoms with Crippen molar-refractivity contribution >= 4 is 27.5 Å². The van der Waals surface area contributed by atoms with Crippen LogP contribution in [0.15, 0.2) is 34.6 Å². The minimum Gasteiger partial charge on any atom is -0.379 e. The number of nitrogens with zero attached hydrogens (tertiary/aromatic N) is 3. The number of thioether (sulfide) groups is 1. The molecule has 3 rings (SSSR count). The molecule has 2 aliphatic heterocycles. The van der Waals surface area contributed by atoms with Crippen molar-refractivity contribution in [3.05, 3.63) is 40.1 Å². The summed E-state index contributed by atoms with van der Waals surface area (Å²) in [6, 6.07) is 5.54. The maximum atomic E-state index is 12.9. The van der Waals surface area contributed by atoms with E-state index in [9.17, 15) is 26.7 Å². The minimum absolute atomic E-state index is 0.237. The lowest BCUT2D eigenvalue weighted by molar-refractivity contribution is -0.258. The van der Waals surface area contributed by atoms with Crippen molar-refractivity contribution in [1.82, 2.24) is 9.21 Å². The van der Waals surface area contributed by atoms with Gasteiger partial charge in [-0.15, -0.1) is 11.8 Å². The molecule has 1 N–H and O–H groups in total. The van der Waals surface area contributed by atoms with Crippen LogP contribution in [0.25, 0.3) is 0 Å². The highest BCUT2D eigenvalue weighted by atomic mass is 32.3. The Balaban J connectivity index is 0.000000527. The first-order valence-corrected chi connectivity index (χ1v) is 14.2. The van der Waals surface area contributed by atoms with Crippen LogP contribution in [0.2, 0.25) is 0 Å². The Kier molecular flexibility index (Phi) is 10.9. The average molecular weight is 540 g/mol. The van der Waals surface area contributed by atoms with Gasteiger partial charge in [0.25, 0.3) is 0 Å². The third-order valence-corrected chi connectivity index (χ3v) is 9.41. The van der Waals surface area contributed by atoms with Crippen molar-refractivity contribution in [3.8, 4) is 0 Å². The summed E-state index contributed by atoms with van der Waals surface area (Å²) < 4.78 is 71.1. The van der Waals surface area contributed by atoms with Gasteiger partial charge in [-0.1, -0.05) is 25.1 Å². The number of anilines is 1. The quantitative estimate of drug-likeness (QED) is 0.594. The number of allylic oxidation sites excluding steroid dienone is 1. The minimum atomic E-state index is -4.77. The Morgan fingerprint density at radius 2 is 1.63 bits per heavy atom. The number of hydrogen-bond acceptors (Lipinski definition) is 7. The lowest BCUT2D eigenvalue weighted by Crippen LogP contribution is -2.48. The summed E-state index contributed by atoms with van der Waals surface area (Å²) in [6.07, 6.45) is -0.719. The number of alkyl halides is 3. The van der Waals surface area contributed by atoms with Crippen LogP contribution in [0.5, 0.6) is 0 Å². The van der Waals surface area contributed by atoms with E-state index in [2.05, 4.69) is 11.9 Å². The molecule has 7 nitrogen and oxygen atoms in total. The monoisotopic (exact) mass is 539 g/mol. The SMILES string of the molecule is CC/C=C(\SC)S(=O)(=O)N1CCN(c2ccc(C(C)(O)C(F)(F)F)cc2)CC1.CN1CCOCC1. The van der Waals surface area contributed by atoms with Crippen LogP contribution in [0.3, 0.4) is 0 Å². The summed E-state index contributed by atoms with van der Waals surface area (Å²) in [6.45, 7) is 8.08. The van der Waals surface area contributed by atoms with Gasteiger partial charge < -0.3 is 19.6 Å². The van der Waals surface area contributed by atoms with Crippen LogP contribution in [-0.2, 0) is 20.4 Å². The van der Waals surface area contributed by atoms with Gasteiger partial charge >= 0.3 is 6.18 Å². The van der Waals surface area contributed by atoms with Crippen LogP contribution < -0.4 is 4.90 Å². The van der Waals surface area contributed by atoms with Gasteiger partial charge in [-0.2, -0.15) is 17.5 Å². The van der Waals surface area contributed by atoms with E-state index in [1.165, 1.54) is 40.3 Å². The predicted molar refractivity (Wildman–Crippen MR) is 135 cm³/mol. The van der Waals surface area contributed by atoms with E-state index in [1.54, 1.807) is 12.3 Å². The van der Waals surface area contributed by atoms with Crippen molar-refractivity contribution in [1.29, 1.82) is 0 Å². The van der Waals surface area contributed by atoms with Crippen LogP contribution in [0, 0.1) is 0 Å². The number of likely N-dealkylation sites (N-methyl/N-ethyl adjacent to an activating group) is 1. The number of morpholine rings is 1. The van der Waals surface area contributed by atoms with Gasteiger partial charge in [0, 0.05) is 45.0 Å².